The summed E-state index contributed by atoms with van der Waals surface area (Å²) in [5, 5.41) is 3.85. The first-order valence-corrected chi connectivity index (χ1v) is 7.10. The first-order chi connectivity index (χ1) is 9.60. The standard InChI is InChI=1S/C17H20ClNO/c1-12-7-13(2)9-14(8-12)11-20-17-6-4-5-16(18)15(17)10-19-3/h4-9,19H,10-11H2,1-3H3. The molecule has 106 valence electrons. The average Bonchev–Trinajstić information content (AvgIpc) is 2.38. The van der Waals surface area contributed by atoms with Crippen LogP contribution in [-0.2, 0) is 13.2 Å². The maximum atomic E-state index is 6.22. The molecule has 0 fully saturated rings. The number of hydrogen-bond acceptors (Lipinski definition) is 2. The van der Waals surface area contributed by atoms with Crippen molar-refractivity contribution >= 4 is 11.6 Å². The molecule has 0 aliphatic heterocycles. The Balaban J connectivity index is 2.16. The lowest BCUT2D eigenvalue weighted by molar-refractivity contribution is 0.302. The van der Waals surface area contributed by atoms with Crippen LogP contribution in [0.15, 0.2) is 36.4 Å². The van der Waals surface area contributed by atoms with E-state index in [-0.39, 0.29) is 0 Å². The smallest absolute Gasteiger partial charge is 0.125 e. The molecule has 2 aromatic rings. The first kappa shape index (κ1) is 14.9. The van der Waals surface area contributed by atoms with Crippen molar-refractivity contribution in [2.24, 2.45) is 0 Å². The third-order valence-corrected chi connectivity index (χ3v) is 3.46. The van der Waals surface area contributed by atoms with Crippen molar-refractivity contribution in [2.75, 3.05) is 7.05 Å². The molecule has 0 spiro atoms. The van der Waals surface area contributed by atoms with Crippen LogP contribution in [-0.4, -0.2) is 7.05 Å². The fraction of sp³-hybridized carbons (Fsp3) is 0.294. The molecule has 0 aliphatic rings. The molecule has 20 heavy (non-hydrogen) atoms. The topological polar surface area (TPSA) is 21.3 Å². The van der Waals surface area contributed by atoms with Gasteiger partial charge in [0.1, 0.15) is 12.4 Å². The summed E-state index contributed by atoms with van der Waals surface area (Å²) in [7, 11) is 1.90. The van der Waals surface area contributed by atoms with Crippen LogP contribution in [0, 0.1) is 13.8 Å². The number of aryl methyl sites for hydroxylation is 2. The van der Waals surface area contributed by atoms with Crippen LogP contribution < -0.4 is 10.1 Å². The van der Waals surface area contributed by atoms with Crippen molar-refractivity contribution in [3.63, 3.8) is 0 Å². The highest BCUT2D eigenvalue weighted by Crippen LogP contribution is 2.27. The van der Waals surface area contributed by atoms with Gasteiger partial charge >= 0.3 is 0 Å². The molecule has 0 saturated heterocycles. The third kappa shape index (κ3) is 3.75. The highest BCUT2D eigenvalue weighted by atomic mass is 35.5. The zero-order valence-corrected chi connectivity index (χ0v) is 12.9. The Hall–Kier alpha value is -1.51. The lowest BCUT2D eigenvalue weighted by Gasteiger charge is -2.13. The van der Waals surface area contributed by atoms with Crippen molar-refractivity contribution in [2.45, 2.75) is 27.0 Å². The van der Waals surface area contributed by atoms with Gasteiger partial charge in [0, 0.05) is 17.1 Å². The fourth-order valence-electron chi connectivity index (χ4n) is 2.34. The van der Waals surface area contributed by atoms with Gasteiger partial charge in [0.2, 0.25) is 0 Å². The second-order valence-corrected chi connectivity index (χ2v) is 5.44. The zero-order valence-electron chi connectivity index (χ0n) is 12.2. The van der Waals surface area contributed by atoms with Crippen LogP contribution in [0.3, 0.4) is 0 Å². The van der Waals surface area contributed by atoms with E-state index in [9.17, 15) is 0 Å². The first-order valence-electron chi connectivity index (χ1n) is 6.72. The summed E-state index contributed by atoms with van der Waals surface area (Å²) in [6.45, 7) is 5.45. The minimum atomic E-state index is 0.555. The van der Waals surface area contributed by atoms with Crippen molar-refractivity contribution < 1.29 is 4.74 Å². The maximum Gasteiger partial charge on any atom is 0.125 e. The molecular formula is C17H20ClNO. The van der Waals surface area contributed by atoms with E-state index in [0.29, 0.717) is 13.2 Å². The van der Waals surface area contributed by atoms with Crippen molar-refractivity contribution in [1.29, 1.82) is 0 Å². The molecule has 0 saturated carbocycles. The number of nitrogens with one attached hydrogen (secondary N) is 1. The molecule has 1 N–H and O–H groups in total. The average molecular weight is 290 g/mol. The summed E-state index contributed by atoms with van der Waals surface area (Å²) in [5.74, 6) is 0.839. The Kier molecular flexibility index (Phi) is 5.05. The van der Waals surface area contributed by atoms with E-state index >= 15 is 0 Å². The molecule has 0 unspecified atom stereocenters. The van der Waals surface area contributed by atoms with Crippen molar-refractivity contribution in [3.8, 4) is 5.75 Å². The highest BCUT2D eigenvalue weighted by molar-refractivity contribution is 6.31. The van der Waals surface area contributed by atoms with Crippen LogP contribution >= 0.6 is 11.6 Å². The second-order valence-electron chi connectivity index (χ2n) is 5.03. The number of rotatable bonds is 5. The Labute approximate surface area is 125 Å². The van der Waals surface area contributed by atoms with Gasteiger partial charge < -0.3 is 10.1 Å². The summed E-state index contributed by atoms with van der Waals surface area (Å²) in [5.41, 5.74) is 4.69. The van der Waals surface area contributed by atoms with Gasteiger partial charge in [-0.15, -0.1) is 0 Å². The minimum absolute atomic E-state index is 0.555. The molecule has 0 aromatic heterocycles. The van der Waals surface area contributed by atoms with Crippen molar-refractivity contribution in [3.05, 3.63) is 63.7 Å². The van der Waals surface area contributed by atoms with E-state index in [1.165, 1.54) is 16.7 Å². The summed E-state index contributed by atoms with van der Waals surface area (Å²) >= 11 is 6.22. The van der Waals surface area contributed by atoms with Crippen LogP contribution in [0.2, 0.25) is 5.02 Å². The molecule has 2 aromatic carbocycles. The van der Waals surface area contributed by atoms with E-state index in [1.807, 2.05) is 25.2 Å². The molecule has 2 nitrogen and oxygen atoms in total. The molecular weight excluding hydrogens is 270 g/mol. The van der Waals surface area contributed by atoms with E-state index < -0.39 is 0 Å². The quantitative estimate of drug-likeness (QED) is 0.888. The maximum absolute atomic E-state index is 6.22. The van der Waals surface area contributed by atoms with E-state index in [1.54, 1.807) is 0 Å². The lowest BCUT2D eigenvalue weighted by Crippen LogP contribution is -2.08. The highest BCUT2D eigenvalue weighted by Gasteiger charge is 2.07. The molecule has 2 rings (SSSR count). The Bertz CT molecular complexity index is 575. The fourth-order valence-corrected chi connectivity index (χ4v) is 2.57. The summed E-state index contributed by atoms with van der Waals surface area (Å²) in [4.78, 5) is 0. The van der Waals surface area contributed by atoms with E-state index in [0.717, 1.165) is 16.3 Å². The van der Waals surface area contributed by atoms with Gasteiger partial charge in [0.05, 0.1) is 0 Å². The van der Waals surface area contributed by atoms with E-state index in [2.05, 4.69) is 37.4 Å². The molecule has 0 radical (unpaired) electrons. The van der Waals surface area contributed by atoms with Crippen molar-refractivity contribution in [1.82, 2.24) is 5.32 Å². The monoisotopic (exact) mass is 289 g/mol. The van der Waals surface area contributed by atoms with Gasteiger partial charge in [-0.3, -0.25) is 0 Å². The molecule has 0 aliphatic carbocycles. The molecule has 0 atom stereocenters. The number of hydrogen-bond donors (Lipinski definition) is 1. The Morgan fingerprint density at radius 1 is 1.10 bits per heavy atom. The van der Waals surface area contributed by atoms with Gasteiger partial charge in [-0.2, -0.15) is 0 Å². The summed E-state index contributed by atoms with van der Waals surface area (Å²) in [6, 6.07) is 12.2. The second kappa shape index (κ2) is 6.78. The van der Waals surface area contributed by atoms with Gasteiger partial charge in [-0.05, 0) is 38.6 Å². The number of ether oxygens (including phenoxy) is 1. The molecule has 3 heteroatoms. The summed E-state index contributed by atoms with van der Waals surface area (Å²) in [6.07, 6.45) is 0. The predicted molar refractivity (Wildman–Crippen MR) is 84.5 cm³/mol. The largest absolute Gasteiger partial charge is 0.489 e. The summed E-state index contributed by atoms with van der Waals surface area (Å²) < 4.78 is 5.94. The number of halogens is 1. The number of benzene rings is 2. The molecule has 0 bridgehead atoms. The third-order valence-electron chi connectivity index (χ3n) is 3.11. The minimum Gasteiger partial charge on any atom is -0.489 e. The molecule has 0 heterocycles. The van der Waals surface area contributed by atoms with Crippen LogP contribution in [0.4, 0.5) is 0 Å². The SMILES string of the molecule is CNCc1c(Cl)cccc1OCc1cc(C)cc(C)c1. The Morgan fingerprint density at radius 3 is 2.45 bits per heavy atom. The normalized spacial score (nSPS) is 10.6. The lowest BCUT2D eigenvalue weighted by atomic mass is 10.1. The van der Waals surface area contributed by atoms with E-state index in [4.69, 9.17) is 16.3 Å². The Morgan fingerprint density at radius 2 is 1.80 bits per heavy atom. The van der Waals surface area contributed by atoms with Gasteiger partial charge in [-0.25, -0.2) is 0 Å². The van der Waals surface area contributed by atoms with Gasteiger partial charge in [-0.1, -0.05) is 47.0 Å². The zero-order chi connectivity index (χ0) is 14.5. The van der Waals surface area contributed by atoms with Gasteiger partial charge in [0.25, 0.3) is 0 Å². The van der Waals surface area contributed by atoms with Gasteiger partial charge in [0.15, 0.2) is 0 Å². The van der Waals surface area contributed by atoms with Crippen LogP contribution in [0.1, 0.15) is 22.3 Å². The molecule has 0 amide bonds. The predicted octanol–water partition coefficient (Wildman–Crippen LogP) is 4.26. The van der Waals surface area contributed by atoms with Crippen LogP contribution in [0.5, 0.6) is 5.75 Å². The van der Waals surface area contributed by atoms with Crippen LogP contribution in [0.25, 0.3) is 0 Å².